The molecule has 0 aliphatic heterocycles. The Hall–Kier alpha value is -2.62. The highest BCUT2D eigenvalue weighted by molar-refractivity contribution is 5.43. The molecule has 0 saturated carbocycles. The van der Waals surface area contributed by atoms with Gasteiger partial charge < -0.3 is 5.32 Å². The number of benzene rings is 2. The molecule has 1 heterocycles. The fourth-order valence-electron chi connectivity index (χ4n) is 1.94. The van der Waals surface area contributed by atoms with Gasteiger partial charge in [0.25, 0.3) is 0 Å². The summed E-state index contributed by atoms with van der Waals surface area (Å²) in [5, 5.41) is 7.70. The first-order chi connectivity index (χ1) is 9.81. The Balaban J connectivity index is 1.67. The van der Waals surface area contributed by atoms with Crippen LogP contribution in [0.1, 0.15) is 5.69 Å². The van der Waals surface area contributed by atoms with Crippen LogP contribution in [0.25, 0.3) is 5.69 Å². The predicted molar refractivity (Wildman–Crippen MR) is 77.3 cm³/mol. The monoisotopic (exact) mass is 267 g/mol. The van der Waals surface area contributed by atoms with Gasteiger partial charge in [0.2, 0.25) is 0 Å². The standard InChI is InChI=1S/C16H14FN3/c17-13-6-8-14(9-7-13)18-12-15-10-11-20(19-15)16-4-2-1-3-5-16/h1-11,18H,12H2. The first kappa shape index (κ1) is 12.4. The molecule has 0 bridgehead atoms. The second-order valence-electron chi connectivity index (χ2n) is 4.45. The Morgan fingerprint density at radius 3 is 2.45 bits per heavy atom. The van der Waals surface area contributed by atoms with Crippen LogP contribution >= 0.6 is 0 Å². The average molecular weight is 267 g/mol. The summed E-state index contributed by atoms with van der Waals surface area (Å²) >= 11 is 0. The van der Waals surface area contributed by atoms with Gasteiger partial charge in [0.1, 0.15) is 5.82 Å². The molecule has 0 radical (unpaired) electrons. The van der Waals surface area contributed by atoms with Crippen LogP contribution < -0.4 is 5.32 Å². The maximum absolute atomic E-state index is 12.8. The van der Waals surface area contributed by atoms with Crippen LogP contribution in [0.4, 0.5) is 10.1 Å². The SMILES string of the molecule is Fc1ccc(NCc2ccn(-c3ccccc3)n2)cc1. The van der Waals surface area contributed by atoms with Crippen molar-refractivity contribution in [2.45, 2.75) is 6.54 Å². The lowest BCUT2D eigenvalue weighted by molar-refractivity contribution is 0.628. The van der Waals surface area contributed by atoms with Crippen LogP contribution in [-0.4, -0.2) is 9.78 Å². The lowest BCUT2D eigenvalue weighted by Crippen LogP contribution is -2.02. The lowest BCUT2D eigenvalue weighted by atomic mass is 10.3. The summed E-state index contributed by atoms with van der Waals surface area (Å²) in [5.41, 5.74) is 2.83. The molecule has 3 rings (SSSR count). The number of rotatable bonds is 4. The fourth-order valence-corrected chi connectivity index (χ4v) is 1.94. The van der Waals surface area contributed by atoms with E-state index in [2.05, 4.69) is 10.4 Å². The molecular weight excluding hydrogens is 253 g/mol. The van der Waals surface area contributed by atoms with Crippen molar-refractivity contribution >= 4 is 5.69 Å². The number of nitrogens with zero attached hydrogens (tertiary/aromatic N) is 2. The number of nitrogens with one attached hydrogen (secondary N) is 1. The molecule has 100 valence electrons. The lowest BCUT2D eigenvalue weighted by Gasteiger charge is -2.04. The summed E-state index contributed by atoms with van der Waals surface area (Å²) in [5.74, 6) is -0.232. The molecule has 2 aromatic carbocycles. The zero-order chi connectivity index (χ0) is 13.8. The van der Waals surface area contributed by atoms with E-state index in [0.29, 0.717) is 6.54 Å². The third-order valence-corrected chi connectivity index (χ3v) is 2.98. The van der Waals surface area contributed by atoms with E-state index >= 15 is 0 Å². The van der Waals surface area contributed by atoms with Crippen molar-refractivity contribution < 1.29 is 4.39 Å². The average Bonchev–Trinajstić information content (AvgIpc) is 2.97. The van der Waals surface area contributed by atoms with Crippen molar-refractivity contribution in [2.24, 2.45) is 0 Å². The second kappa shape index (κ2) is 5.57. The Labute approximate surface area is 116 Å². The second-order valence-corrected chi connectivity index (χ2v) is 4.45. The van der Waals surface area contributed by atoms with E-state index < -0.39 is 0 Å². The van der Waals surface area contributed by atoms with Gasteiger partial charge in [-0.05, 0) is 42.5 Å². The number of para-hydroxylation sites is 1. The molecular formula is C16H14FN3. The molecule has 1 N–H and O–H groups in total. The van der Waals surface area contributed by atoms with Crippen molar-refractivity contribution in [1.82, 2.24) is 9.78 Å². The van der Waals surface area contributed by atoms with Gasteiger partial charge in [-0.25, -0.2) is 9.07 Å². The highest BCUT2D eigenvalue weighted by Gasteiger charge is 2.01. The van der Waals surface area contributed by atoms with Crippen molar-refractivity contribution in [3.05, 3.63) is 78.4 Å². The Bertz CT molecular complexity index is 674. The molecule has 0 aliphatic carbocycles. The predicted octanol–water partition coefficient (Wildman–Crippen LogP) is 3.62. The maximum atomic E-state index is 12.8. The molecule has 1 aromatic heterocycles. The molecule has 3 nitrogen and oxygen atoms in total. The van der Waals surface area contributed by atoms with Crippen molar-refractivity contribution in [3.63, 3.8) is 0 Å². The van der Waals surface area contributed by atoms with Crippen LogP contribution in [0.2, 0.25) is 0 Å². The minimum Gasteiger partial charge on any atom is -0.379 e. The number of aromatic nitrogens is 2. The molecule has 3 aromatic rings. The van der Waals surface area contributed by atoms with Crippen LogP contribution in [-0.2, 0) is 6.54 Å². The first-order valence-corrected chi connectivity index (χ1v) is 6.41. The van der Waals surface area contributed by atoms with Crippen LogP contribution in [0, 0.1) is 5.82 Å². The number of halogens is 1. The summed E-state index contributed by atoms with van der Waals surface area (Å²) in [4.78, 5) is 0. The molecule has 0 spiro atoms. The number of anilines is 1. The van der Waals surface area contributed by atoms with Gasteiger partial charge in [0, 0.05) is 11.9 Å². The molecule has 0 unspecified atom stereocenters. The zero-order valence-electron chi connectivity index (χ0n) is 10.8. The van der Waals surface area contributed by atoms with Crippen LogP contribution in [0.5, 0.6) is 0 Å². The van der Waals surface area contributed by atoms with E-state index in [9.17, 15) is 4.39 Å². The normalized spacial score (nSPS) is 10.4. The van der Waals surface area contributed by atoms with E-state index in [4.69, 9.17) is 0 Å². The molecule has 20 heavy (non-hydrogen) atoms. The minimum atomic E-state index is -0.232. The molecule has 0 fully saturated rings. The van der Waals surface area contributed by atoms with E-state index in [1.807, 2.05) is 47.3 Å². The third-order valence-electron chi connectivity index (χ3n) is 2.98. The van der Waals surface area contributed by atoms with E-state index in [0.717, 1.165) is 17.1 Å². The Morgan fingerprint density at radius 2 is 1.70 bits per heavy atom. The number of hydrogen-bond acceptors (Lipinski definition) is 2. The zero-order valence-corrected chi connectivity index (χ0v) is 10.8. The van der Waals surface area contributed by atoms with Gasteiger partial charge in [-0.3, -0.25) is 0 Å². The summed E-state index contributed by atoms with van der Waals surface area (Å²) < 4.78 is 14.6. The minimum absolute atomic E-state index is 0.232. The Kier molecular flexibility index (Phi) is 3.46. The van der Waals surface area contributed by atoms with Gasteiger partial charge in [-0.1, -0.05) is 18.2 Å². The van der Waals surface area contributed by atoms with Gasteiger partial charge in [0.15, 0.2) is 0 Å². The van der Waals surface area contributed by atoms with E-state index in [-0.39, 0.29) is 5.82 Å². The summed E-state index contributed by atoms with van der Waals surface area (Å²) in [7, 11) is 0. The van der Waals surface area contributed by atoms with Crippen molar-refractivity contribution in [1.29, 1.82) is 0 Å². The third kappa shape index (κ3) is 2.85. The van der Waals surface area contributed by atoms with Gasteiger partial charge in [0.05, 0.1) is 17.9 Å². The highest BCUT2D eigenvalue weighted by Crippen LogP contribution is 2.11. The molecule has 0 aliphatic rings. The largest absolute Gasteiger partial charge is 0.379 e. The van der Waals surface area contributed by atoms with Gasteiger partial charge in [-0.15, -0.1) is 0 Å². The summed E-state index contributed by atoms with van der Waals surface area (Å²) in [6.45, 7) is 0.603. The van der Waals surface area contributed by atoms with E-state index in [1.54, 1.807) is 12.1 Å². The van der Waals surface area contributed by atoms with E-state index in [1.165, 1.54) is 12.1 Å². The first-order valence-electron chi connectivity index (χ1n) is 6.41. The molecule has 0 amide bonds. The van der Waals surface area contributed by atoms with Crippen molar-refractivity contribution in [3.8, 4) is 5.69 Å². The molecule has 0 saturated heterocycles. The van der Waals surface area contributed by atoms with Crippen LogP contribution in [0.15, 0.2) is 66.9 Å². The van der Waals surface area contributed by atoms with Crippen LogP contribution in [0.3, 0.4) is 0 Å². The van der Waals surface area contributed by atoms with Gasteiger partial charge >= 0.3 is 0 Å². The molecule has 4 heteroatoms. The summed E-state index contributed by atoms with van der Waals surface area (Å²) in [6.07, 6.45) is 1.93. The maximum Gasteiger partial charge on any atom is 0.123 e. The summed E-state index contributed by atoms with van der Waals surface area (Å²) in [6, 6.07) is 18.2. The quantitative estimate of drug-likeness (QED) is 0.782. The van der Waals surface area contributed by atoms with Crippen molar-refractivity contribution in [2.75, 3.05) is 5.32 Å². The topological polar surface area (TPSA) is 29.9 Å². The fraction of sp³-hybridized carbons (Fsp3) is 0.0625. The smallest absolute Gasteiger partial charge is 0.123 e. The molecule has 0 atom stereocenters. The highest BCUT2D eigenvalue weighted by atomic mass is 19.1. The number of hydrogen-bond donors (Lipinski definition) is 1. The Morgan fingerprint density at radius 1 is 0.950 bits per heavy atom. The van der Waals surface area contributed by atoms with Gasteiger partial charge in [-0.2, -0.15) is 5.10 Å².